The third kappa shape index (κ3) is 5.26. The molecule has 1 aliphatic carbocycles. The first-order valence-corrected chi connectivity index (χ1v) is 8.87. The SMILES string of the molecule is Clc1cccc(COc2ccc(CNC3CCCCC3)cc2)c1. The molecule has 1 fully saturated rings. The van der Waals surface area contributed by atoms with Gasteiger partial charge in [-0.15, -0.1) is 0 Å². The minimum atomic E-state index is 0.542. The second-order valence-electron chi connectivity index (χ2n) is 6.28. The molecule has 0 spiro atoms. The van der Waals surface area contributed by atoms with Crippen molar-refractivity contribution in [2.24, 2.45) is 0 Å². The predicted molar refractivity (Wildman–Crippen MR) is 95.9 cm³/mol. The summed E-state index contributed by atoms with van der Waals surface area (Å²) in [5.74, 6) is 0.895. The van der Waals surface area contributed by atoms with Gasteiger partial charge in [0.15, 0.2) is 0 Å². The van der Waals surface area contributed by atoms with Gasteiger partial charge in [0.1, 0.15) is 12.4 Å². The van der Waals surface area contributed by atoms with Gasteiger partial charge in [0.25, 0.3) is 0 Å². The lowest BCUT2D eigenvalue weighted by atomic mass is 9.95. The first kappa shape index (κ1) is 16.4. The standard InChI is InChI=1S/C20H24ClNO/c21-18-6-4-5-17(13-18)15-23-20-11-9-16(10-12-20)14-22-19-7-2-1-3-8-19/h4-6,9-13,19,22H,1-3,7-8,14-15H2. The monoisotopic (exact) mass is 329 g/mol. The zero-order chi connectivity index (χ0) is 15.9. The molecule has 0 atom stereocenters. The van der Waals surface area contributed by atoms with Gasteiger partial charge in [-0.3, -0.25) is 0 Å². The van der Waals surface area contributed by atoms with Crippen LogP contribution in [0, 0.1) is 0 Å². The summed E-state index contributed by atoms with van der Waals surface area (Å²) in [7, 11) is 0. The summed E-state index contributed by atoms with van der Waals surface area (Å²) < 4.78 is 5.82. The number of halogens is 1. The lowest BCUT2D eigenvalue weighted by Gasteiger charge is -2.22. The van der Waals surface area contributed by atoms with Crippen LogP contribution < -0.4 is 10.1 Å². The van der Waals surface area contributed by atoms with Gasteiger partial charge >= 0.3 is 0 Å². The maximum Gasteiger partial charge on any atom is 0.119 e. The molecule has 122 valence electrons. The topological polar surface area (TPSA) is 21.3 Å². The zero-order valence-corrected chi connectivity index (χ0v) is 14.2. The molecule has 1 saturated carbocycles. The van der Waals surface area contributed by atoms with E-state index in [1.165, 1.54) is 37.7 Å². The summed E-state index contributed by atoms with van der Waals surface area (Å²) in [6.07, 6.45) is 6.78. The quantitative estimate of drug-likeness (QED) is 0.772. The summed E-state index contributed by atoms with van der Waals surface area (Å²) in [6.45, 7) is 1.49. The van der Waals surface area contributed by atoms with Gasteiger partial charge in [0.2, 0.25) is 0 Å². The van der Waals surface area contributed by atoms with Crippen molar-refractivity contribution in [3.05, 3.63) is 64.7 Å². The molecule has 0 bridgehead atoms. The molecule has 2 aromatic rings. The second-order valence-corrected chi connectivity index (χ2v) is 6.71. The van der Waals surface area contributed by atoms with Crippen molar-refractivity contribution in [3.63, 3.8) is 0 Å². The highest BCUT2D eigenvalue weighted by molar-refractivity contribution is 6.30. The fraction of sp³-hybridized carbons (Fsp3) is 0.400. The van der Waals surface area contributed by atoms with E-state index in [1.54, 1.807) is 0 Å². The Bertz CT molecular complexity index is 605. The van der Waals surface area contributed by atoms with Gasteiger partial charge in [-0.25, -0.2) is 0 Å². The number of nitrogens with one attached hydrogen (secondary N) is 1. The van der Waals surface area contributed by atoms with E-state index in [0.29, 0.717) is 12.6 Å². The van der Waals surface area contributed by atoms with E-state index in [2.05, 4.69) is 17.4 Å². The molecular formula is C20H24ClNO. The summed E-state index contributed by atoms with van der Waals surface area (Å²) in [6, 6.07) is 16.8. The minimum absolute atomic E-state index is 0.542. The lowest BCUT2D eigenvalue weighted by Crippen LogP contribution is -2.30. The fourth-order valence-corrected chi connectivity index (χ4v) is 3.28. The maximum absolute atomic E-state index is 5.98. The van der Waals surface area contributed by atoms with Crippen molar-refractivity contribution in [2.45, 2.75) is 51.3 Å². The Labute approximate surface area is 143 Å². The Morgan fingerprint density at radius 1 is 0.957 bits per heavy atom. The molecule has 2 aromatic carbocycles. The number of benzene rings is 2. The highest BCUT2D eigenvalue weighted by Crippen LogP contribution is 2.19. The van der Waals surface area contributed by atoms with Gasteiger partial charge in [0.05, 0.1) is 0 Å². The van der Waals surface area contributed by atoms with Crippen LogP contribution in [0.5, 0.6) is 5.75 Å². The Kier molecular flexibility index (Phi) is 5.95. The van der Waals surface area contributed by atoms with Crippen LogP contribution in [-0.2, 0) is 13.2 Å². The number of ether oxygens (including phenoxy) is 1. The zero-order valence-electron chi connectivity index (χ0n) is 13.4. The Hall–Kier alpha value is -1.51. The highest BCUT2D eigenvalue weighted by Gasteiger charge is 2.12. The number of hydrogen-bond acceptors (Lipinski definition) is 2. The Morgan fingerprint density at radius 2 is 1.74 bits per heavy atom. The van der Waals surface area contributed by atoms with Crippen LogP contribution in [0.1, 0.15) is 43.2 Å². The molecular weight excluding hydrogens is 306 g/mol. The average Bonchev–Trinajstić information content (AvgIpc) is 2.60. The highest BCUT2D eigenvalue weighted by atomic mass is 35.5. The van der Waals surface area contributed by atoms with E-state index in [-0.39, 0.29) is 0 Å². The predicted octanol–water partition coefficient (Wildman–Crippen LogP) is 5.34. The van der Waals surface area contributed by atoms with Crippen molar-refractivity contribution in [2.75, 3.05) is 0 Å². The molecule has 0 heterocycles. The molecule has 3 rings (SSSR count). The summed E-state index contributed by atoms with van der Waals surface area (Å²) in [4.78, 5) is 0. The van der Waals surface area contributed by atoms with E-state index < -0.39 is 0 Å². The van der Waals surface area contributed by atoms with E-state index in [0.717, 1.165) is 22.9 Å². The van der Waals surface area contributed by atoms with Gasteiger partial charge in [-0.1, -0.05) is 55.1 Å². The molecule has 3 heteroatoms. The van der Waals surface area contributed by atoms with Crippen LogP contribution in [0.25, 0.3) is 0 Å². The van der Waals surface area contributed by atoms with Crippen molar-refractivity contribution >= 4 is 11.6 Å². The molecule has 0 saturated heterocycles. The van der Waals surface area contributed by atoms with Crippen molar-refractivity contribution in [3.8, 4) is 5.75 Å². The third-order valence-corrected chi connectivity index (χ3v) is 4.65. The summed E-state index contributed by atoms with van der Waals surface area (Å²) in [5, 5.41) is 4.41. The molecule has 0 amide bonds. The molecule has 1 aliphatic rings. The van der Waals surface area contributed by atoms with Crippen LogP contribution in [0.2, 0.25) is 5.02 Å². The smallest absolute Gasteiger partial charge is 0.119 e. The number of hydrogen-bond donors (Lipinski definition) is 1. The van der Waals surface area contributed by atoms with Gasteiger partial charge in [0, 0.05) is 17.6 Å². The molecule has 0 aliphatic heterocycles. The molecule has 0 unspecified atom stereocenters. The fourth-order valence-electron chi connectivity index (χ4n) is 3.07. The summed E-state index contributed by atoms with van der Waals surface area (Å²) >= 11 is 5.98. The van der Waals surface area contributed by atoms with E-state index in [1.807, 2.05) is 36.4 Å². The molecule has 0 aromatic heterocycles. The minimum Gasteiger partial charge on any atom is -0.489 e. The van der Waals surface area contributed by atoms with Crippen LogP contribution in [-0.4, -0.2) is 6.04 Å². The van der Waals surface area contributed by atoms with Crippen LogP contribution in [0.3, 0.4) is 0 Å². The van der Waals surface area contributed by atoms with E-state index >= 15 is 0 Å². The van der Waals surface area contributed by atoms with Gasteiger partial charge < -0.3 is 10.1 Å². The van der Waals surface area contributed by atoms with Crippen molar-refractivity contribution in [1.82, 2.24) is 5.32 Å². The molecule has 23 heavy (non-hydrogen) atoms. The molecule has 2 nitrogen and oxygen atoms in total. The third-order valence-electron chi connectivity index (χ3n) is 4.42. The Balaban J connectivity index is 1.46. The molecule has 1 N–H and O–H groups in total. The van der Waals surface area contributed by atoms with E-state index in [4.69, 9.17) is 16.3 Å². The Morgan fingerprint density at radius 3 is 2.48 bits per heavy atom. The van der Waals surface area contributed by atoms with E-state index in [9.17, 15) is 0 Å². The normalized spacial score (nSPS) is 15.5. The van der Waals surface area contributed by atoms with Crippen molar-refractivity contribution < 1.29 is 4.74 Å². The summed E-state index contributed by atoms with van der Waals surface area (Å²) in [5.41, 5.74) is 2.39. The largest absolute Gasteiger partial charge is 0.489 e. The van der Waals surface area contributed by atoms with Gasteiger partial charge in [-0.05, 0) is 48.2 Å². The second kappa shape index (κ2) is 8.37. The number of rotatable bonds is 6. The molecule has 0 radical (unpaired) electrons. The maximum atomic E-state index is 5.98. The van der Waals surface area contributed by atoms with Crippen LogP contribution in [0.15, 0.2) is 48.5 Å². The first-order valence-electron chi connectivity index (χ1n) is 8.49. The van der Waals surface area contributed by atoms with Crippen molar-refractivity contribution in [1.29, 1.82) is 0 Å². The van der Waals surface area contributed by atoms with Crippen LogP contribution >= 0.6 is 11.6 Å². The average molecular weight is 330 g/mol. The van der Waals surface area contributed by atoms with Crippen LogP contribution in [0.4, 0.5) is 0 Å². The lowest BCUT2D eigenvalue weighted by molar-refractivity contribution is 0.306. The van der Waals surface area contributed by atoms with Gasteiger partial charge in [-0.2, -0.15) is 0 Å². The first-order chi connectivity index (χ1) is 11.3.